The Kier molecular flexibility index (Phi) is 3.76. The number of pyridine rings is 1. The summed E-state index contributed by atoms with van der Waals surface area (Å²) in [4.78, 5) is 9.02. The Morgan fingerprint density at radius 3 is 3.05 bits per heavy atom. The topological polar surface area (TPSA) is 77.8 Å². The summed E-state index contributed by atoms with van der Waals surface area (Å²) in [5.74, 6) is 1.22. The van der Waals surface area contributed by atoms with E-state index < -0.39 is 0 Å². The summed E-state index contributed by atoms with van der Waals surface area (Å²) in [6, 6.07) is 4.06. The van der Waals surface area contributed by atoms with Crippen molar-refractivity contribution >= 4 is 0 Å². The highest BCUT2D eigenvalue weighted by Crippen LogP contribution is 2.38. The number of nitrogens with zero attached hydrogens (tertiary/aromatic N) is 3. The number of aryl methyl sites for hydroxylation is 1. The Morgan fingerprint density at radius 1 is 1.43 bits per heavy atom. The molecule has 1 aliphatic rings. The first kappa shape index (κ1) is 14.2. The molecule has 0 bridgehead atoms. The molecule has 0 aromatic carbocycles. The average molecular weight is 286 g/mol. The minimum absolute atomic E-state index is 0.0777. The highest BCUT2D eigenvalue weighted by Gasteiger charge is 2.41. The van der Waals surface area contributed by atoms with Crippen molar-refractivity contribution in [2.75, 3.05) is 0 Å². The molecule has 1 saturated carbocycles. The van der Waals surface area contributed by atoms with Crippen molar-refractivity contribution in [3.63, 3.8) is 0 Å². The van der Waals surface area contributed by atoms with Crippen LogP contribution in [-0.4, -0.2) is 21.2 Å². The molecule has 21 heavy (non-hydrogen) atoms. The van der Waals surface area contributed by atoms with Crippen molar-refractivity contribution in [3.05, 3.63) is 29.8 Å². The van der Waals surface area contributed by atoms with Gasteiger partial charge in [-0.1, -0.05) is 31.0 Å². The number of aromatic nitrogens is 3. The molecule has 2 unspecified atom stereocenters. The first-order valence-electron chi connectivity index (χ1n) is 7.69. The van der Waals surface area contributed by atoms with Gasteiger partial charge in [-0.15, -0.1) is 0 Å². The van der Waals surface area contributed by atoms with Crippen molar-refractivity contribution in [3.8, 4) is 11.5 Å². The highest BCUT2D eigenvalue weighted by atomic mass is 16.5. The van der Waals surface area contributed by atoms with E-state index in [2.05, 4.69) is 29.0 Å². The van der Waals surface area contributed by atoms with Gasteiger partial charge in [0.15, 0.2) is 0 Å². The zero-order chi connectivity index (χ0) is 14.9. The summed E-state index contributed by atoms with van der Waals surface area (Å²) in [5, 5.41) is 4.15. The lowest BCUT2D eigenvalue weighted by Gasteiger charge is -2.35. The van der Waals surface area contributed by atoms with E-state index in [1.54, 1.807) is 6.20 Å². The fourth-order valence-corrected chi connectivity index (χ4v) is 3.10. The van der Waals surface area contributed by atoms with Gasteiger partial charge in [0, 0.05) is 12.2 Å². The molecular formula is C16H22N4O. The maximum absolute atomic E-state index is 6.31. The lowest BCUT2D eigenvalue weighted by Crippen LogP contribution is -2.45. The molecule has 3 rings (SSSR count). The number of hydrogen-bond acceptors (Lipinski definition) is 5. The van der Waals surface area contributed by atoms with Crippen LogP contribution in [0.1, 0.15) is 51.0 Å². The Balaban J connectivity index is 1.96. The van der Waals surface area contributed by atoms with Crippen LogP contribution in [-0.2, 0) is 11.8 Å². The molecule has 0 aliphatic heterocycles. The van der Waals surface area contributed by atoms with Crippen molar-refractivity contribution in [2.45, 2.75) is 57.4 Å². The summed E-state index contributed by atoms with van der Waals surface area (Å²) in [6.45, 7) is 4.23. The first-order valence-corrected chi connectivity index (χ1v) is 7.69. The van der Waals surface area contributed by atoms with Crippen molar-refractivity contribution in [1.82, 2.24) is 15.1 Å². The highest BCUT2D eigenvalue weighted by molar-refractivity contribution is 5.54. The van der Waals surface area contributed by atoms with E-state index in [1.165, 1.54) is 6.42 Å². The van der Waals surface area contributed by atoms with Gasteiger partial charge >= 0.3 is 0 Å². The Labute approximate surface area is 125 Å². The lowest BCUT2D eigenvalue weighted by molar-refractivity contribution is 0.203. The second-order valence-corrected chi connectivity index (χ2v) is 6.06. The van der Waals surface area contributed by atoms with Crippen LogP contribution in [0.5, 0.6) is 0 Å². The monoisotopic (exact) mass is 286 g/mol. The Morgan fingerprint density at radius 2 is 2.29 bits per heavy atom. The quantitative estimate of drug-likeness (QED) is 0.938. The van der Waals surface area contributed by atoms with Crippen LogP contribution < -0.4 is 5.73 Å². The molecule has 1 aliphatic carbocycles. The molecule has 2 N–H and O–H groups in total. The first-order chi connectivity index (χ1) is 10.1. The van der Waals surface area contributed by atoms with Gasteiger partial charge in [0.1, 0.15) is 5.69 Å². The van der Waals surface area contributed by atoms with Gasteiger partial charge < -0.3 is 10.3 Å². The standard InChI is InChI=1S/C16H22N4O/c1-3-11-7-6-10-18-13(11)14-19-15(21-20-14)16(2)9-5-4-8-12(16)17/h6-7,10,12H,3-5,8-9,17H2,1-2H3. The van der Waals surface area contributed by atoms with Crippen LogP contribution in [0.15, 0.2) is 22.9 Å². The van der Waals surface area contributed by atoms with E-state index in [9.17, 15) is 0 Å². The number of rotatable bonds is 3. The molecule has 5 heteroatoms. The molecular weight excluding hydrogens is 264 g/mol. The normalized spacial score (nSPS) is 26.0. The second kappa shape index (κ2) is 5.56. The summed E-state index contributed by atoms with van der Waals surface area (Å²) >= 11 is 0. The van der Waals surface area contributed by atoms with Crippen LogP contribution in [0.4, 0.5) is 0 Å². The summed E-state index contributed by atoms with van der Waals surface area (Å²) in [7, 11) is 0. The molecule has 0 amide bonds. The SMILES string of the molecule is CCc1cccnc1-c1noc(C2(C)CCCCC2N)n1. The van der Waals surface area contributed by atoms with Crippen molar-refractivity contribution in [1.29, 1.82) is 0 Å². The molecule has 5 nitrogen and oxygen atoms in total. The summed E-state index contributed by atoms with van der Waals surface area (Å²) in [6.07, 6.45) is 7.00. The third kappa shape index (κ3) is 2.46. The summed E-state index contributed by atoms with van der Waals surface area (Å²) < 4.78 is 5.55. The number of hydrogen-bond donors (Lipinski definition) is 1. The van der Waals surface area contributed by atoms with Crippen LogP contribution >= 0.6 is 0 Å². The van der Waals surface area contributed by atoms with Crippen LogP contribution in [0.2, 0.25) is 0 Å². The maximum atomic E-state index is 6.31. The van der Waals surface area contributed by atoms with E-state index in [0.717, 1.165) is 36.9 Å². The zero-order valence-electron chi connectivity index (χ0n) is 12.7. The third-order valence-corrected chi connectivity index (χ3v) is 4.68. The van der Waals surface area contributed by atoms with Crippen molar-refractivity contribution in [2.24, 2.45) is 5.73 Å². The predicted octanol–water partition coefficient (Wildman–Crippen LogP) is 2.85. The lowest BCUT2D eigenvalue weighted by atomic mass is 9.72. The van der Waals surface area contributed by atoms with Gasteiger partial charge in [-0.05, 0) is 37.8 Å². The molecule has 0 radical (unpaired) electrons. The average Bonchev–Trinajstić information content (AvgIpc) is 3.00. The third-order valence-electron chi connectivity index (χ3n) is 4.68. The van der Waals surface area contributed by atoms with E-state index in [-0.39, 0.29) is 11.5 Å². The van der Waals surface area contributed by atoms with Crippen LogP contribution in [0.25, 0.3) is 11.5 Å². The van der Waals surface area contributed by atoms with Crippen molar-refractivity contribution < 1.29 is 4.52 Å². The van der Waals surface area contributed by atoms with E-state index in [4.69, 9.17) is 10.3 Å². The van der Waals surface area contributed by atoms with Gasteiger partial charge in [-0.25, -0.2) is 0 Å². The van der Waals surface area contributed by atoms with Crippen LogP contribution in [0, 0.1) is 0 Å². The molecule has 1 fully saturated rings. The maximum Gasteiger partial charge on any atom is 0.234 e. The smallest absolute Gasteiger partial charge is 0.234 e. The van der Waals surface area contributed by atoms with Gasteiger partial charge in [0.2, 0.25) is 11.7 Å². The predicted molar refractivity (Wildman–Crippen MR) is 80.7 cm³/mol. The molecule has 0 saturated heterocycles. The molecule has 2 atom stereocenters. The van der Waals surface area contributed by atoms with Gasteiger partial charge in [0.05, 0.1) is 5.41 Å². The zero-order valence-corrected chi connectivity index (χ0v) is 12.7. The second-order valence-electron chi connectivity index (χ2n) is 6.06. The fourth-order valence-electron chi connectivity index (χ4n) is 3.10. The largest absolute Gasteiger partial charge is 0.338 e. The van der Waals surface area contributed by atoms with Gasteiger partial charge in [0.25, 0.3) is 0 Å². The molecule has 0 spiro atoms. The van der Waals surface area contributed by atoms with Gasteiger partial charge in [-0.2, -0.15) is 4.98 Å². The fraction of sp³-hybridized carbons (Fsp3) is 0.562. The molecule has 2 aromatic rings. The minimum atomic E-state index is -0.218. The number of nitrogens with two attached hydrogens (primary N) is 1. The summed E-state index contributed by atoms with van der Waals surface area (Å²) in [5.41, 5.74) is 8.02. The Hall–Kier alpha value is -1.75. The van der Waals surface area contributed by atoms with E-state index in [0.29, 0.717) is 11.7 Å². The Bertz CT molecular complexity index is 624. The van der Waals surface area contributed by atoms with E-state index >= 15 is 0 Å². The molecule has 2 heterocycles. The van der Waals surface area contributed by atoms with Crippen LogP contribution in [0.3, 0.4) is 0 Å². The minimum Gasteiger partial charge on any atom is -0.338 e. The van der Waals surface area contributed by atoms with E-state index in [1.807, 2.05) is 12.1 Å². The van der Waals surface area contributed by atoms with Gasteiger partial charge in [-0.3, -0.25) is 4.98 Å². The molecule has 112 valence electrons. The molecule has 2 aromatic heterocycles.